The molecule has 4 aliphatic heterocycles. The Morgan fingerprint density at radius 3 is 1.12 bits per heavy atom. The van der Waals surface area contributed by atoms with Crippen LogP contribution in [0.5, 0.6) is 0 Å². The Morgan fingerprint density at radius 1 is 0.647 bits per heavy atom. The lowest BCUT2D eigenvalue weighted by molar-refractivity contribution is -0.381. The molecule has 6 heteroatoms. The van der Waals surface area contributed by atoms with Crippen LogP contribution in [0, 0.1) is 5.41 Å². The van der Waals surface area contributed by atoms with Gasteiger partial charge in [0.05, 0.1) is 0 Å². The molecule has 0 radical (unpaired) electrons. The van der Waals surface area contributed by atoms with Gasteiger partial charge in [0.2, 0.25) is 0 Å². The summed E-state index contributed by atoms with van der Waals surface area (Å²) in [5.74, 6) is 19.0. The molecule has 0 unspecified atom stereocenters. The maximum Gasteiger partial charge on any atom is 0.101 e. The molecule has 4 heterocycles. The first kappa shape index (κ1) is 11.8. The molecule has 0 atom stereocenters. The first-order valence-corrected chi connectivity index (χ1v) is 6.24. The molecule has 6 nitrogen and oxygen atoms in total. The van der Waals surface area contributed by atoms with Crippen molar-refractivity contribution in [1.82, 2.24) is 15.0 Å². The number of hydrogen-bond donors (Lipinski definition) is 3. The van der Waals surface area contributed by atoms with Crippen LogP contribution in [0.15, 0.2) is 0 Å². The van der Waals surface area contributed by atoms with Gasteiger partial charge in [-0.15, -0.1) is 0 Å². The minimum absolute atomic E-state index is 0.264. The SMILES string of the molecule is CC12CC3(C)N(N)C(C)(C1)N(N)C(C)(C2)N3N. The third kappa shape index (κ3) is 1.03. The monoisotopic (exact) mass is 240 g/mol. The van der Waals surface area contributed by atoms with E-state index in [1.807, 2.05) is 15.0 Å². The van der Waals surface area contributed by atoms with Crippen LogP contribution >= 0.6 is 0 Å². The maximum absolute atomic E-state index is 6.32. The number of nitrogens with zero attached hydrogens (tertiary/aromatic N) is 3. The molecule has 6 N–H and O–H groups in total. The summed E-state index contributed by atoms with van der Waals surface area (Å²) in [5, 5.41) is 5.55. The van der Waals surface area contributed by atoms with Crippen molar-refractivity contribution in [3.05, 3.63) is 0 Å². The molecule has 0 aromatic heterocycles. The predicted molar refractivity (Wildman–Crippen MR) is 65.3 cm³/mol. The lowest BCUT2D eigenvalue weighted by Crippen LogP contribution is -2.94. The minimum Gasteiger partial charge on any atom is -0.265 e. The number of hydrazine groups is 3. The summed E-state index contributed by atoms with van der Waals surface area (Å²) in [4.78, 5) is 0. The average molecular weight is 240 g/mol. The third-order valence-electron chi connectivity index (χ3n) is 5.40. The molecule has 0 aromatic rings. The van der Waals surface area contributed by atoms with Crippen molar-refractivity contribution < 1.29 is 0 Å². The van der Waals surface area contributed by atoms with Gasteiger partial charge in [-0.25, -0.2) is 15.0 Å². The molecular weight excluding hydrogens is 216 g/mol. The Kier molecular flexibility index (Phi) is 1.87. The van der Waals surface area contributed by atoms with Crippen LogP contribution in [0.1, 0.15) is 47.0 Å². The van der Waals surface area contributed by atoms with E-state index >= 15 is 0 Å². The quantitative estimate of drug-likeness (QED) is 0.512. The van der Waals surface area contributed by atoms with Gasteiger partial charge in [0, 0.05) is 0 Å². The first-order chi connectivity index (χ1) is 7.59. The van der Waals surface area contributed by atoms with E-state index in [1.54, 1.807) is 0 Å². The van der Waals surface area contributed by atoms with Crippen LogP contribution in [-0.4, -0.2) is 32.0 Å². The van der Waals surface area contributed by atoms with E-state index < -0.39 is 0 Å². The van der Waals surface area contributed by atoms with Gasteiger partial charge in [-0.05, 0) is 45.4 Å². The van der Waals surface area contributed by atoms with Crippen molar-refractivity contribution in [1.29, 1.82) is 0 Å². The summed E-state index contributed by atoms with van der Waals surface area (Å²) in [5.41, 5.74) is -0.681. The summed E-state index contributed by atoms with van der Waals surface area (Å²) >= 11 is 0. The van der Waals surface area contributed by atoms with Crippen LogP contribution in [0.2, 0.25) is 0 Å². The molecule has 0 spiro atoms. The largest absolute Gasteiger partial charge is 0.265 e. The second kappa shape index (κ2) is 2.68. The van der Waals surface area contributed by atoms with Crippen molar-refractivity contribution in [3.8, 4) is 0 Å². The van der Waals surface area contributed by atoms with Gasteiger partial charge in [0.25, 0.3) is 0 Å². The summed E-state index contributed by atoms with van der Waals surface area (Å²) < 4.78 is 0. The Hall–Kier alpha value is -0.240. The van der Waals surface area contributed by atoms with Crippen LogP contribution < -0.4 is 17.5 Å². The maximum atomic E-state index is 6.32. The fraction of sp³-hybridized carbons (Fsp3) is 1.00. The first-order valence-electron chi connectivity index (χ1n) is 6.24. The fourth-order valence-corrected chi connectivity index (χ4v) is 5.03. The molecule has 4 rings (SSSR count). The molecule has 98 valence electrons. The van der Waals surface area contributed by atoms with Gasteiger partial charge in [-0.2, -0.15) is 0 Å². The van der Waals surface area contributed by atoms with Gasteiger partial charge < -0.3 is 0 Å². The number of nitrogens with two attached hydrogens (primary N) is 3. The van der Waals surface area contributed by atoms with E-state index in [2.05, 4.69) is 27.7 Å². The molecule has 4 aliphatic rings. The molecule has 0 aromatic carbocycles. The Bertz CT molecular complexity index is 313. The summed E-state index contributed by atoms with van der Waals surface area (Å²) in [6, 6.07) is 0. The van der Waals surface area contributed by atoms with Crippen LogP contribution in [0.25, 0.3) is 0 Å². The summed E-state index contributed by atoms with van der Waals surface area (Å²) in [6.07, 6.45) is 2.98. The number of rotatable bonds is 0. The summed E-state index contributed by atoms with van der Waals surface area (Å²) in [6.45, 7) is 8.68. The lowest BCUT2D eigenvalue weighted by Gasteiger charge is -2.77. The molecule has 0 saturated carbocycles. The zero-order chi connectivity index (χ0) is 12.9. The van der Waals surface area contributed by atoms with Gasteiger partial charge >= 0.3 is 0 Å². The molecule has 4 fully saturated rings. The van der Waals surface area contributed by atoms with Crippen LogP contribution in [-0.2, 0) is 0 Å². The fourth-order valence-electron chi connectivity index (χ4n) is 5.03. The number of hydrogen-bond acceptors (Lipinski definition) is 6. The highest BCUT2D eigenvalue weighted by molar-refractivity contribution is 5.18. The van der Waals surface area contributed by atoms with Crippen molar-refractivity contribution in [2.24, 2.45) is 22.9 Å². The predicted octanol–water partition coefficient (Wildman–Crippen LogP) is -0.120. The van der Waals surface area contributed by atoms with Crippen LogP contribution in [0.3, 0.4) is 0 Å². The van der Waals surface area contributed by atoms with E-state index in [0.29, 0.717) is 0 Å². The standard InChI is InChI=1S/C11H24N6/c1-8-5-9(2)15(12)10(3,6-8)17(14)11(4,7-8)16(9)13/h5-7,12-14H2,1-4H3. The van der Waals surface area contributed by atoms with Gasteiger partial charge in [0.15, 0.2) is 0 Å². The molecule has 4 bridgehead atoms. The van der Waals surface area contributed by atoms with Gasteiger partial charge in [0.1, 0.15) is 17.0 Å². The van der Waals surface area contributed by atoms with Gasteiger partial charge in [-0.3, -0.25) is 17.5 Å². The molecule has 17 heavy (non-hydrogen) atoms. The molecule has 4 saturated heterocycles. The van der Waals surface area contributed by atoms with Crippen molar-refractivity contribution in [3.63, 3.8) is 0 Å². The summed E-state index contributed by atoms with van der Waals surface area (Å²) in [7, 11) is 0. The highest BCUT2D eigenvalue weighted by Gasteiger charge is 2.72. The van der Waals surface area contributed by atoms with E-state index in [1.165, 1.54) is 0 Å². The molecule has 0 amide bonds. The van der Waals surface area contributed by atoms with Crippen molar-refractivity contribution in [2.45, 2.75) is 63.9 Å². The molecule has 0 aliphatic carbocycles. The van der Waals surface area contributed by atoms with E-state index in [-0.39, 0.29) is 22.4 Å². The van der Waals surface area contributed by atoms with Crippen LogP contribution in [0.4, 0.5) is 0 Å². The minimum atomic E-state index is -0.315. The normalized spacial score (nSPS) is 60.2. The van der Waals surface area contributed by atoms with E-state index in [0.717, 1.165) is 19.3 Å². The second-order valence-corrected chi connectivity index (χ2v) is 7.10. The molecular formula is C11H24N6. The van der Waals surface area contributed by atoms with E-state index in [4.69, 9.17) is 17.5 Å². The zero-order valence-corrected chi connectivity index (χ0v) is 11.2. The second-order valence-electron chi connectivity index (χ2n) is 7.10. The van der Waals surface area contributed by atoms with Crippen molar-refractivity contribution in [2.75, 3.05) is 0 Å². The van der Waals surface area contributed by atoms with Crippen molar-refractivity contribution >= 4 is 0 Å². The van der Waals surface area contributed by atoms with Gasteiger partial charge in [-0.1, -0.05) is 6.92 Å². The smallest absolute Gasteiger partial charge is 0.101 e. The highest BCUT2D eigenvalue weighted by atomic mass is 15.8. The highest BCUT2D eigenvalue weighted by Crippen LogP contribution is 2.62. The third-order valence-corrected chi connectivity index (χ3v) is 5.40. The Labute approximate surface area is 103 Å². The average Bonchev–Trinajstić information content (AvgIpc) is 2.20. The number of piperidine rings is 3. The lowest BCUT2D eigenvalue weighted by atomic mass is 9.58. The Balaban J connectivity index is 2.21. The topological polar surface area (TPSA) is 87.8 Å². The Morgan fingerprint density at radius 2 is 0.882 bits per heavy atom. The zero-order valence-electron chi connectivity index (χ0n) is 11.2. The van der Waals surface area contributed by atoms with E-state index in [9.17, 15) is 0 Å².